The Balaban J connectivity index is 1.17. The summed E-state index contributed by atoms with van der Waals surface area (Å²) in [6, 6.07) is 11.2. The lowest BCUT2D eigenvalue weighted by molar-refractivity contribution is -0.509. The number of carbonyl (C=O) groups excluding carboxylic acids is 3. The maximum Gasteiger partial charge on any atom is 0.269 e. The van der Waals surface area contributed by atoms with Gasteiger partial charge >= 0.3 is 0 Å². The highest BCUT2D eigenvalue weighted by Crippen LogP contribution is 2.64. The summed E-state index contributed by atoms with van der Waals surface area (Å²) < 4.78 is 10.8. The molecule has 9 atom stereocenters. The van der Waals surface area contributed by atoms with Crippen molar-refractivity contribution >= 4 is 52.5 Å². The maximum absolute atomic E-state index is 15.6. The Hall–Kier alpha value is -6.09. The number of anilines is 1. The summed E-state index contributed by atoms with van der Waals surface area (Å²) in [5.41, 5.74) is -1.24. The quantitative estimate of drug-likeness (QED) is 0.0860. The molecule has 4 fully saturated rings. The van der Waals surface area contributed by atoms with Gasteiger partial charge < -0.3 is 35.4 Å². The monoisotopic (exact) mass is 896 g/mol. The molecule has 2 amide bonds. The van der Waals surface area contributed by atoms with E-state index in [1.165, 1.54) is 74.5 Å². The highest BCUT2D eigenvalue weighted by Gasteiger charge is 2.72. The number of methoxy groups -OCH3 is 2. The number of aliphatic hydroxyl groups is 1. The lowest BCUT2D eigenvalue weighted by Gasteiger charge is -2.39. The van der Waals surface area contributed by atoms with Crippen molar-refractivity contribution in [3.63, 3.8) is 0 Å². The number of ether oxygens (including phenoxy) is 2. The predicted octanol–water partition coefficient (Wildman–Crippen LogP) is 4.49. The van der Waals surface area contributed by atoms with Gasteiger partial charge in [-0.1, -0.05) is 12.1 Å². The molecule has 0 radical (unpaired) electrons. The number of thioether (sulfide) groups is 2. The average molecular weight is 897 g/mol. The zero-order valence-electron chi connectivity index (χ0n) is 33.6. The van der Waals surface area contributed by atoms with Gasteiger partial charge in [0, 0.05) is 99.6 Å². The fourth-order valence-electron chi connectivity index (χ4n) is 11.6. The molecule has 3 aromatic carbocycles. The Labute approximate surface area is 367 Å². The number of nitrogens with zero attached hydrogens (tertiary/aromatic N) is 4. The number of amides is 2. The first kappa shape index (κ1) is 41.0. The third-order valence-electron chi connectivity index (χ3n) is 14.0. The lowest BCUT2D eigenvalue weighted by atomic mass is 9.68. The minimum Gasteiger partial charge on any atom is -0.512 e. The van der Waals surface area contributed by atoms with E-state index in [1.807, 2.05) is 9.80 Å². The SMILES string of the molecule is COc1ccc(C2C3CSCN3C3(C(=O)NC4=C3CC([N+](=O)[O-])C=C4)C2/C(O)=C/C(=O)C2C3CSCN3C3(C(=O)Nc4ccc([N+](=O)[O-])cc43)C2c2ccc(O)c(OC)c2)cc1O. The molecule has 4 saturated heterocycles. The van der Waals surface area contributed by atoms with Crippen molar-refractivity contribution < 1.29 is 49.0 Å². The molecule has 5 N–H and O–H groups in total. The molecule has 18 nitrogen and oxygen atoms in total. The molecule has 326 valence electrons. The summed E-state index contributed by atoms with van der Waals surface area (Å²) in [6.07, 6.45) is 3.91. The third-order valence-corrected chi connectivity index (χ3v) is 16.1. The van der Waals surface area contributed by atoms with Gasteiger partial charge in [0.2, 0.25) is 17.9 Å². The van der Waals surface area contributed by atoms with Gasteiger partial charge in [-0.2, -0.15) is 0 Å². The van der Waals surface area contributed by atoms with Crippen molar-refractivity contribution in [1.29, 1.82) is 0 Å². The van der Waals surface area contributed by atoms with Gasteiger partial charge in [0.25, 0.3) is 5.69 Å². The van der Waals surface area contributed by atoms with Crippen LogP contribution in [0.3, 0.4) is 0 Å². The molecular formula is C43H40N6O12S2. The van der Waals surface area contributed by atoms with Crippen LogP contribution in [0.5, 0.6) is 23.0 Å². The van der Waals surface area contributed by atoms with Gasteiger partial charge in [0.05, 0.1) is 25.1 Å². The summed E-state index contributed by atoms with van der Waals surface area (Å²) in [6.45, 7) is 0. The van der Waals surface area contributed by atoms with Crippen LogP contribution in [0.1, 0.15) is 34.9 Å². The summed E-state index contributed by atoms with van der Waals surface area (Å²) >= 11 is 3.03. The predicted molar refractivity (Wildman–Crippen MR) is 229 cm³/mol. The molecule has 0 bridgehead atoms. The van der Waals surface area contributed by atoms with Crippen LogP contribution in [0.4, 0.5) is 11.4 Å². The molecule has 3 aromatic rings. The van der Waals surface area contributed by atoms with Crippen molar-refractivity contribution in [2.45, 2.75) is 47.5 Å². The number of aromatic hydroxyl groups is 2. The highest BCUT2D eigenvalue weighted by atomic mass is 32.2. The van der Waals surface area contributed by atoms with Crippen molar-refractivity contribution in [3.05, 3.63) is 127 Å². The van der Waals surface area contributed by atoms with Crippen LogP contribution in [0.15, 0.2) is 89.9 Å². The molecule has 6 heterocycles. The van der Waals surface area contributed by atoms with Crippen molar-refractivity contribution in [2.75, 3.05) is 42.8 Å². The van der Waals surface area contributed by atoms with Gasteiger partial charge in [-0.05, 0) is 59.2 Å². The number of carbonyl (C=O) groups is 3. The first-order valence-corrected chi connectivity index (χ1v) is 22.4. The number of nitro groups is 2. The maximum atomic E-state index is 15.6. The van der Waals surface area contributed by atoms with Crippen LogP contribution < -0.4 is 20.1 Å². The van der Waals surface area contributed by atoms with Crippen LogP contribution in [0.2, 0.25) is 0 Å². The van der Waals surface area contributed by atoms with E-state index in [1.54, 1.807) is 30.0 Å². The zero-order chi connectivity index (χ0) is 44.3. The van der Waals surface area contributed by atoms with E-state index >= 15 is 4.79 Å². The van der Waals surface area contributed by atoms with Crippen molar-refractivity contribution in [2.24, 2.45) is 11.8 Å². The number of nitro benzene ring substituents is 1. The van der Waals surface area contributed by atoms with E-state index in [4.69, 9.17) is 9.47 Å². The second-order valence-corrected chi connectivity index (χ2v) is 18.7. The molecule has 10 rings (SSSR count). The number of phenols is 2. The van der Waals surface area contributed by atoms with Crippen LogP contribution in [-0.4, -0.2) is 114 Å². The molecule has 63 heavy (non-hydrogen) atoms. The smallest absolute Gasteiger partial charge is 0.269 e. The number of benzene rings is 3. The summed E-state index contributed by atoms with van der Waals surface area (Å²) in [5.74, 6) is -4.85. The van der Waals surface area contributed by atoms with E-state index in [9.17, 15) is 45.1 Å². The molecule has 20 heteroatoms. The number of ketones is 1. The van der Waals surface area contributed by atoms with Crippen LogP contribution >= 0.6 is 23.5 Å². The zero-order valence-corrected chi connectivity index (χ0v) is 35.3. The second kappa shape index (κ2) is 14.7. The minimum absolute atomic E-state index is 0.0640. The number of fused-ring (bicyclic) bond motifs is 7. The molecule has 6 aliphatic heterocycles. The largest absolute Gasteiger partial charge is 0.512 e. The Morgan fingerprint density at radius 3 is 2.27 bits per heavy atom. The van der Waals surface area contributed by atoms with Crippen LogP contribution in [0, 0.1) is 32.1 Å². The van der Waals surface area contributed by atoms with E-state index in [2.05, 4.69) is 10.6 Å². The molecule has 0 saturated carbocycles. The molecule has 1 aliphatic carbocycles. The second-order valence-electron chi connectivity index (χ2n) is 16.7. The number of aliphatic hydroxyl groups excluding tert-OH is 1. The van der Waals surface area contributed by atoms with Gasteiger partial charge in [0.15, 0.2) is 28.8 Å². The van der Waals surface area contributed by atoms with Crippen LogP contribution in [0.25, 0.3) is 0 Å². The highest BCUT2D eigenvalue weighted by molar-refractivity contribution is 7.99. The molecule has 9 unspecified atom stereocenters. The number of hydrogen-bond donors (Lipinski definition) is 5. The molecule has 2 spiro atoms. The fourth-order valence-corrected chi connectivity index (χ4v) is 14.3. The molecule has 7 aliphatic rings. The van der Waals surface area contributed by atoms with E-state index < -0.39 is 86.1 Å². The Morgan fingerprint density at radius 2 is 1.57 bits per heavy atom. The summed E-state index contributed by atoms with van der Waals surface area (Å²) in [5, 5.41) is 64.9. The minimum atomic E-state index is -1.69. The first-order chi connectivity index (χ1) is 30.3. The van der Waals surface area contributed by atoms with Gasteiger partial charge in [0.1, 0.15) is 16.8 Å². The number of non-ortho nitro benzene ring substituents is 1. The summed E-state index contributed by atoms with van der Waals surface area (Å²) in [4.78, 5) is 72.4. The number of rotatable bonds is 9. The van der Waals surface area contributed by atoms with Gasteiger partial charge in [-0.25, -0.2) is 0 Å². The first-order valence-electron chi connectivity index (χ1n) is 20.1. The van der Waals surface area contributed by atoms with E-state index in [0.717, 1.165) is 6.08 Å². The number of hydrogen-bond acceptors (Lipinski definition) is 16. The summed E-state index contributed by atoms with van der Waals surface area (Å²) in [7, 11) is 2.77. The van der Waals surface area contributed by atoms with Gasteiger partial charge in [-0.3, -0.25) is 44.4 Å². The lowest BCUT2D eigenvalue weighted by Crippen LogP contribution is -2.57. The number of phenolic OH excluding ortho intramolecular Hbond substituents is 2. The third kappa shape index (κ3) is 5.63. The Morgan fingerprint density at radius 1 is 0.873 bits per heavy atom. The van der Waals surface area contributed by atoms with Crippen LogP contribution in [-0.2, 0) is 19.9 Å². The topological polar surface area (TPSA) is 247 Å². The van der Waals surface area contributed by atoms with Crippen molar-refractivity contribution in [3.8, 4) is 23.0 Å². The van der Waals surface area contributed by atoms with Gasteiger partial charge in [-0.15, -0.1) is 23.5 Å². The standard InChI is InChI=1S/C43H40N6O12S2/c1-60-34-10-4-20(11-31(34)51)36-28-16-62-18-46(28)43(25-14-23(49(58)59)6-8-27(25)45-41(43)55)39(36)33(53)15-32(52)37-29-17-63-19-47(29)42(38(37)21-3-9-30(50)35(12-21)61-2)24-13-22(48(56)57)5-7-26(24)44-40(42)54/h3-13,15,23,28-29,36-39,50-51,53H,14,16-19H2,1-2H3,(H,44,54)(H,45,55)/b33-15-. The fraction of sp³-hybridized carbons (Fsp3) is 0.372. The van der Waals surface area contributed by atoms with E-state index in [0.29, 0.717) is 51.0 Å². The van der Waals surface area contributed by atoms with E-state index in [-0.39, 0.29) is 41.0 Å². The molecular weight excluding hydrogens is 857 g/mol. The number of allylic oxidation sites excluding steroid dienone is 2. The Kier molecular flexibility index (Phi) is 9.59. The number of nitrogens with one attached hydrogen (secondary N) is 2. The molecule has 0 aromatic heterocycles. The van der Waals surface area contributed by atoms with Crippen molar-refractivity contribution in [1.82, 2.24) is 15.1 Å². The normalized spacial score (nSPS) is 31.8. The average Bonchev–Trinajstić information content (AvgIpc) is 4.11. The Bertz CT molecular complexity index is 2660.